The van der Waals surface area contributed by atoms with Gasteiger partial charge in [0.1, 0.15) is 0 Å². The highest BCUT2D eigenvalue weighted by atomic mass is 32.2. The fourth-order valence-corrected chi connectivity index (χ4v) is 2.79. The zero-order chi connectivity index (χ0) is 12.3. The van der Waals surface area contributed by atoms with Crippen molar-refractivity contribution in [3.8, 4) is 0 Å². The van der Waals surface area contributed by atoms with Gasteiger partial charge >= 0.3 is 0 Å². The van der Waals surface area contributed by atoms with Crippen LogP contribution >= 0.6 is 0 Å². The smallest absolute Gasteiger partial charge is 0.297 e. The summed E-state index contributed by atoms with van der Waals surface area (Å²) in [5, 5.41) is 3.20. The fraction of sp³-hybridized carbons (Fsp3) is 0.500. The van der Waals surface area contributed by atoms with E-state index in [0.29, 0.717) is 0 Å². The summed E-state index contributed by atoms with van der Waals surface area (Å²) >= 11 is 0. The first-order chi connectivity index (χ1) is 8.08. The molecule has 0 saturated carbocycles. The van der Waals surface area contributed by atoms with Crippen molar-refractivity contribution in [3.63, 3.8) is 0 Å². The molecule has 0 aromatic heterocycles. The van der Waals surface area contributed by atoms with Gasteiger partial charge in [-0.15, -0.1) is 0 Å². The van der Waals surface area contributed by atoms with E-state index in [2.05, 4.69) is 5.32 Å². The van der Waals surface area contributed by atoms with Crippen LogP contribution in [0.1, 0.15) is 18.4 Å². The average Bonchev–Trinajstić information content (AvgIpc) is 2.80. The summed E-state index contributed by atoms with van der Waals surface area (Å²) in [6.45, 7) is 3.08. The Kier molecular flexibility index (Phi) is 3.81. The molecular weight excluding hydrogens is 238 g/mol. The molecule has 0 spiro atoms. The number of hydrogen-bond donors (Lipinski definition) is 1. The lowest BCUT2D eigenvalue weighted by molar-refractivity contribution is 0.281. The second kappa shape index (κ2) is 5.16. The second-order valence-corrected chi connectivity index (χ2v) is 5.96. The summed E-state index contributed by atoms with van der Waals surface area (Å²) in [5.41, 5.74) is 1.03. The van der Waals surface area contributed by atoms with E-state index in [9.17, 15) is 8.42 Å². The lowest BCUT2D eigenvalue weighted by atomic mass is 10.2. The molecule has 1 saturated heterocycles. The summed E-state index contributed by atoms with van der Waals surface area (Å²) in [6, 6.07) is 6.85. The van der Waals surface area contributed by atoms with Crippen LogP contribution in [-0.4, -0.2) is 27.6 Å². The lowest BCUT2D eigenvalue weighted by Gasteiger charge is -2.11. The number of hydrogen-bond acceptors (Lipinski definition) is 4. The van der Waals surface area contributed by atoms with Gasteiger partial charge in [0.25, 0.3) is 10.1 Å². The molecule has 0 bridgehead atoms. The van der Waals surface area contributed by atoms with Crippen LogP contribution in [0.3, 0.4) is 0 Å². The van der Waals surface area contributed by atoms with Gasteiger partial charge in [-0.3, -0.25) is 4.18 Å². The Hall–Kier alpha value is -0.910. The molecule has 1 aromatic carbocycles. The maximum absolute atomic E-state index is 11.9. The minimum atomic E-state index is -3.60. The van der Waals surface area contributed by atoms with Crippen molar-refractivity contribution in [1.82, 2.24) is 5.32 Å². The van der Waals surface area contributed by atoms with Crippen LogP contribution in [0.4, 0.5) is 0 Å². The van der Waals surface area contributed by atoms with E-state index in [1.807, 2.05) is 6.92 Å². The molecule has 1 atom stereocenters. The predicted molar refractivity (Wildman–Crippen MR) is 65.3 cm³/mol. The molecule has 0 unspecified atom stereocenters. The molecule has 4 nitrogen and oxygen atoms in total. The van der Waals surface area contributed by atoms with Gasteiger partial charge in [-0.25, -0.2) is 0 Å². The maximum Gasteiger partial charge on any atom is 0.297 e. The molecule has 0 aliphatic carbocycles. The highest BCUT2D eigenvalue weighted by Crippen LogP contribution is 2.15. The average molecular weight is 255 g/mol. The first-order valence-electron chi connectivity index (χ1n) is 5.77. The topological polar surface area (TPSA) is 55.4 Å². The van der Waals surface area contributed by atoms with E-state index in [1.54, 1.807) is 24.3 Å². The Morgan fingerprint density at radius 3 is 2.65 bits per heavy atom. The zero-order valence-electron chi connectivity index (χ0n) is 9.85. The Labute approximate surface area is 102 Å². The molecule has 1 N–H and O–H groups in total. The third-order valence-corrected chi connectivity index (χ3v) is 4.19. The monoisotopic (exact) mass is 255 g/mol. The van der Waals surface area contributed by atoms with Crippen molar-refractivity contribution in [2.45, 2.75) is 30.7 Å². The lowest BCUT2D eigenvalue weighted by Crippen LogP contribution is -2.28. The fourth-order valence-electron chi connectivity index (χ4n) is 1.84. The Balaban J connectivity index is 2.00. The summed E-state index contributed by atoms with van der Waals surface area (Å²) in [6.07, 6.45) is 2.06. The standard InChI is InChI=1S/C12H17NO3S/c1-10-4-6-12(7-5-10)17(14,15)16-9-11-3-2-8-13-11/h4-7,11,13H,2-3,8-9H2,1H3/t11-/m1/s1. The van der Waals surface area contributed by atoms with E-state index in [-0.39, 0.29) is 17.5 Å². The van der Waals surface area contributed by atoms with Crippen LogP contribution in [0.15, 0.2) is 29.2 Å². The summed E-state index contributed by atoms with van der Waals surface area (Å²) < 4.78 is 28.7. The van der Waals surface area contributed by atoms with Gasteiger partial charge in [-0.05, 0) is 38.4 Å². The van der Waals surface area contributed by atoms with Gasteiger partial charge in [-0.1, -0.05) is 17.7 Å². The van der Waals surface area contributed by atoms with Crippen molar-refractivity contribution in [2.24, 2.45) is 0 Å². The van der Waals surface area contributed by atoms with Crippen LogP contribution in [0.5, 0.6) is 0 Å². The van der Waals surface area contributed by atoms with Crippen molar-refractivity contribution < 1.29 is 12.6 Å². The van der Waals surface area contributed by atoms with Gasteiger partial charge in [0, 0.05) is 6.04 Å². The molecule has 1 aliphatic heterocycles. The first kappa shape index (κ1) is 12.5. The molecule has 5 heteroatoms. The van der Waals surface area contributed by atoms with Gasteiger partial charge in [0.15, 0.2) is 0 Å². The zero-order valence-corrected chi connectivity index (χ0v) is 10.7. The largest absolute Gasteiger partial charge is 0.312 e. The summed E-state index contributed by atoms with van der Waals surface area (Å²) in [4.78, 5) is 0.223. The van der Waals surface area contributed by atoms with Crippen molar-refractivity contribution in [2.75, 3.05) is 13.2 Å². The summed E-state index contributed by atoms with van der Waals surface area (Å²) in [7, 11) is -3.60. The van der Waals surface area contributed by atoms with Gasteiger partial charge in [-0.2, -0.15) is 8.42 Å². The Bertz CT molecular complexity index is 461. The van der Waals surface area contributed by atoms with Gasteiger partial charge < -0.3 is 5.32 Å². The third-order valence-electron chi connectivity index (χ3n) is 2.90. The van der Waals surface area contributed by atoms with Crippen molar-refractivity contribution in [3.05, 3.63) is 29.8 Å². The third kappa shape index (κ3) is 3.28. The van der Waals surface area contributed by atoms with E-state index in [4.69, 9.17) is 4.18 Å². The van der Waals surface area contributed by atoms with Crippen LogP contribution in [0.25, 0.3) is 0 Å². The molecular formula is C12H17NO3S. The number of rotatable bonds is 4. The van der Waals surface area contributed by atoms with Gasteiger partial charge in [0.2, 0.25) is 0 Å². The normalized spacial score (nSPS) is 20.6. The van der Waals surface area contributed by atoms with Crippen LogP contribution in [0, 0.1) is 6.92 Å². The second-order valence-electron chi connectivity index (χ2n) is 4.34. The number of nitrogens with one attached hydrogen (secondary N) is 1. The van der Waals surface area contributed by atoms with E-state index in [0.717, 1.165) is 24.9 Å². The molecule has 1 heterocycles. The maximum atomic E-state index is 11.9. The van der Waals surface area contributed by atoms with E-state index in [1.165, 1.54) is 0 Å². The highest BCUT2D eigenvalue weighted by Gasteiger charge is 2.20. The molecule has 94 valence electrons. The molecule has 0 amide bonds. The molecule has 17 heavy (non-hydrogen) atoms. The van der Waals surface area contributed by atoms with Gasteiger partial charge in [0.05, 0.1) is 11.5 Å². The first-order valence-corrected chi connectivity index (χ1v) is 7.18. The molecule has 0 radical (unpaired) electrons. The van der Waals surface area contributed by atoms with Crippen LogP contribution in [-0.2, 0) is 14.3 Å². The summed E-state index contributed by atoms with van der Waals surface area (Å²) in [5.74, 6) is 0. The number of aryl methyl sites for hydroxylation is 1. The number of benzene rings is 1. The minimum Gasteiger partial charge on any atom is -0.312 e. The Morgan fingerprint density at radius 2 is 2.06 bits per heavy atom. The molecule has 1 fully saturated rings. The molecule has 1 aromatic rings. The van der Waals surface area contributed by atoms with E-state index < -0.39 is 10.1 Å². The molecule has 2 rings (SSSR count). The van der Waals surface area contributed by atoms with Crippen molar-refractivity contribution in [1.29, 1.82) is 0 Å². The molecule has 1 aliphatic rings. The SMILES string of the molecule is Cc1ccc(S(=O)(=O)OC[C@H]2CCCN2)cc1. The highest BCUT2D eigenvalue weighted by molar-refractivity contribution is 7.86. The quantitative estimate of drug-likeness (QED) is 0.827. The van der Waals surface area contributed by atoms with E-state index >= 15 is 0 Å². The van der Waals surface area contributed by atoms with Crippen molar-refractivity contribution >= 4 is 10.1 Å². The minimum absolute atomic E-state index is 0.162. The Morgan fingerprint density at radius 1 is 1.35 bits per heavy atom. The van der Waals surface area contributed by atoms with Crippen LogP contribution < -0.4 is 5.32 Å². The predicted octanol–water partition coefficient (Wildman–Crippen LogP) is 1.45. The van der Waals surface area contributed by atoms with Crippen LogP contribution in [0.2, 0.25) is 0 Å².